The fourth-order valence-electron chi connectivity index (χ4n) is 4.15. The lowest BCUT2D eigenvalue weighted by molar-refractivity contribution is -0.144. The predicted molar refractivity (Wildman–Crippen MR) is 126 cm³/mol. The molecule has 2 aromatic carbocycles. The molecular weight excluding hydrogens is 422 g/mol. The number of rotatable bonds is 7. The van der Waals surface area contributed by atoms with E-state index in [1.807, 2.05) is 12.1 Å². The van der Waals surface area contributed by atoms with Crippen LogP contribution in [-0.4, -0.2) is 40.2 Å². The maximum Gasteiger partial charge on any atom is 0.344 e. The van der Waals surface area contributed by atoms with Crippen molar-refractivity contribution < 1.29 is 19.4 Å². The van der Waals surface area contributed by atoms with E-state index in [9.17, 15) is 14.7 Å². The molecule has 0 saturated heterocycles. The highest BCUT2D eigenvalue weighted by Crippen LogP contribution is 2.33. The summed E-state index contributed by atoms with van der Waals surface area (Å²) in [6.07, 6.45) is 5.71. The second-order valence-corrected chi connectivity index (χ2v) is 8.16. The number of hydrogen-bond donors (Lipinski definition) is 1. The Hall–Kier alpha value is -3.68. The summed E-state index contributed by atoms with van der Waals surface area (Å²) in [7, 11) is 1.48. The number of carboxylic acids is 1. The lowest BCUT2D eigenvalue weighted by Crippen LogP contribution is -2.25. The van der Waals surface area contributed by atoms with Crippen molar-refractivity contribution in [2.75, 3.05) is 7.11 Å². The maximum absolute atomic E-state index is 13.4. The summed E-state index contributed by atoms with van der Waals surface area (Å²) in [6.45, 7) is 1.44. The molecule has 1 N–H and O–H groups in total. The Morgan fingerprint density at radius 3 is 2.67 bits per heavy atom. The first-order chi connectivity index (χ1) is 16.0. The number of fused-ring (bicyclic) bond motifs is 1. The molecule has 1 saturated carbocycles. The fraction of sp³-hybridized carbons (Fsp3) is 0.360. The van der Waals surface area contributed by atoms with Crippen LogP contribution in [0, 0.1) is 0 Å². The van der Waals surface area contributed by atoms with Crippen LogP contribution in [0.3, 0.4) is 0 Å². The largest absolute Gasteiger partial charge is 0.493 e. The molecule has 172 valence electrons. The van der Waals surface area contributed by atoms with Crippen LogP contribution >= 0.6 is 0 Å². The van der Waals surface area contributed by atoms with Crippen molar-refractivity contribution in [2.45, 2.75) is 51.0 Å². The summed E-state index contributed by atoms with van der Waals surface area (Å²) in [5.41, 5.74) is 0.925. The number of para-hydroxylation sites is 2. The molecule has 8 nitrogen and oxygen atoms in total. The van der Waals surface area contributed by atoms with Gasteiger partial charge in [0.15, 0.2) is 17.6 Å². The molecule has 0 amide bonds. The number of aromatic nitrogens is 2. The summed E-state index contributed by atoms with van der Waals surface area (Å²) in [5.74, 6) is 0.335. The van der Waals surface area contributed by atoms with Gasteiger partial charge < -0.3 is 14.6 Å². The van der Waals surface area contributed by atoms with Crippen molar-refractivity contribution >= 4 is 23.1 Å². The highest BCUT2D eigenvalue weighted by atomic mass is 16.5. The van der Waals surface area contributed by atoms with Crippen molar-refractivity contribution in [2.24, 2.45) is 5.10 Å². The number of ether oxygens (including phenoxy) is 2. The summed E-state index contributed by atoms with van der Waals surface area (Å²) in [4.78, 5) is 29.5. The van der Waals surface area contributed by atoms with E-state index in [0.29, 0.717) is 28.0 Å². The van der Waals surface area contributed by atoms with Crippen molar-refractivity contribution in [1.29, 1.82) is 0 Å². The van der Waals surface area contributed by atoms with Crippen LogP contribution in [0.25, 0.3) is 10.9 Å². The topological polar surface area (TPSA) is 103 Å². The first kappa shape index (κ1) is 22.5. The molecule has 1 fully saturated rings. The summed E-state index contributed by atoms with van der Waals surface area (Å²) in [6, 6.07) is 12.4. The highest BCUT2D eigenvalue weighted by molar-refractivity contribution is 5.86. The second kappa shape index (κ2) is 9.85. The van der Waals surface area contributed by atoms with E-state index < -0.39 is 12.1 Å². The third kappa shape index (κ3) is 4.74. The second-order valence-electron chi connectivity index (χ2n) is 8.16. The van der Waals surface area contributed by atoms with Crippen molar-refractivity contribution in [1.82, 2.24) is 9.66 Å². The molecule has 0 bridgehead atoms. The van der Waals surface area contributed by atoms with E-state index in [1.54, 1.807) is 30.3 Å². The highest BCUT2D eigenvalue weighted by Gasteiger charge is 2.23. The Balaban J connectivity index is 1.82. The van der Waals surface area contributed by atoms with Crippen LogP contribution < -0.4 is 15.0 Å². The minimum Gasteiger partial charge on any atom is -0.493 e. The third-order valence-corrected chi connectivity index (χ3v) is 5.93. The van der Waals surface area contributed by atoms with E-state index in [1.165, 1.54) is 31.3 Å². The van der Waals surface area contributed by atoms with Crippen LogP contribution in [0.4, 0.5) is 0 Å². The fourth-order valence-corrected chi connectivity index (χ4v) is 4.15. The van der Waals surface area contributed by atoms with Crippen molar-refractivity contribution in [3.8, 4) is 11.5 Å². The van der Waals surface area contributed by atoms with Gasteiger partial charge in [0.25, 0.3) is 5.56 Å². The van der Waals surface area contributed by atoms with Crippen molar-refractivity contribution in [3.05, 3.63) is 64.2 Å². The van der Waals surface area contributed by atoms with E-state index in [2.05, 4.69) is 5.10 Å². The van der Waals surface area contributed by atoms with Gasteiger partial charge >= 0.3 is 5.97 Å². The normalized spacial score (nSPS) is 15.6. The number of nitrogens with zero attached hydrogens (tertiary/aromatic N) is 3. The zero-order valence-electron chi connectivity index (χ0n) is 18.7. The van der Waals surface area contributed by atoms with Gasteiger partial charge in [0, 0.05) is 11.5 Å². The first-order valence-corrected chi connectivity index (χ1v) is 11.1. The third-order valence-electron chi connectivity index (χ3n) is 5.93. The van der Waals surface area contributed by atoms with Gasteiger partial charge in [0.1, 0.15) is 5.82 Å². The number of benzene rings is 2. The number of carbonyl (C=O) groups is 1. The number of methoxy groups -OCH3 is 1. The van der Waals surface area contributed by atoms with Crippen LogP contribution in [-0.2, 0) is 4.79 Å². The Bertz CT molecular complexity index is 1240. The standard InChI is InChI=1S/C25H27N3O5/c1-16(25(30)31)33-22-18(11-8-14-21(22)32-2)15-26-28-23(17-9-4-3-5-10-17)27-20-13-7-6-12-19(20)24(28)29/h6-8,11-17H,3-5,9-10H2,1-2H3,(H,30,31)/t16-/m1/s1. The van der Waals surface area contributed by atoms with Gasteiger partial charge in [-0.15, -0.1) is 0 Å². The van der Waals surface area contributed by atoms with E-state index in [-0.39, 0.29) is 17.2 Å². The Kier molecular flexibility index (Phi) is 6.72. The van der Waals surface area contributed by atoms with Crippen LogP contribution in [0.5, 0.6) is 11.5 Å². The Morgan fingerprint density at radius 1 is 1.18 bits per heavy atom. The zero-order valence-corrected chi connectivity index (χ0v) is 18.7. The average molecular weight is 450 g/mol. The molecule has 1 aliphatic rings. The van der Waals surface area contributed by atoms with Gasteiger partial charge in [-0.3, -0.25) is 4.79 Å². The van der Waals surface area contributed by atoms with Gasteiger partial charge in [-0.25, -0.2) is 9.78 Å². The van der Waals surface area contributed by atoms with E-state index in [0.717, 1.165) is 25.7 Å². The number of carboxylic acid groups (broad SMARTS) is 1. The molecule has 1 heterocycles. The minimum atomic E-state index is -1.10. The van der Waals surface area contributed by atoms with Gasteiger partial charge in [0.05, 0.1) is 24.2 Å². The van der Waals surface area contributed by atoms with Gasteiger partial charge in [-0.2, -0.15) is 9.78 Å². The summed E-state index contributed by atoms with van der Waals surface area (Å²) < 4.78 is 12.4. The molecule has 4 rings (SSSR count). The summed E-state index contributed by atoms with van der Waals surface area (Å²) >= 11 is 0. The maximum atomic E-state index is 13.4. The lowest BCUT2D eigenvalue weighted by Gasteiger charge is -2.22. The number of aliphatic carboxylic acids is 1. The van der Waals surface area contributed by atoms with Gasteiger partial charge in [-0.05, 0) is 44.0 Å². The molecule has 33 heavy (non-hydrogen) atoms. The molecular formula is C25H27N3O5. The van der Waals surface area contributed by atoms with Crippen LogP contribution in [0.2, 0.25) is 0 Å². The van der Waals surface area contributed by atoms with Crippen LogP contribution in [0.1, 0.15) is 56.3 Å². The Labute approximate surface area is 191 Å². The minimum absolute atomic E-state index is 0.154. The predicted octanol–water partition coefficient (Wildman–Crippen LogP) is 4.19. The van der Waals surface area contributed by atoms with E-state index >= 15 is 0 Å². The lowest BCUT2D eigenvalue weighted by atomic mass is 9.88. The molecule has 1 aliphatic carbocycles. The quantitative estimate of drug-likeness (QED) is 0.543. The molecule has 0 spiro atoms. The molecule has 1 atom stereocenters. The van der Waals surface area contributed by atoms with E-state index in [4.69, 9.17) is 14.5 Å². The van der Waals surface area contributed by atoms with Crippen molar-refractivity contribution in [3.63, 3.8) is 0 Å². The molecule has 0 unspecified atom stereocenters. The SMILES string of the molecule is COc1cccc(C=Nn2c(C3CCCCC3)nc3ccccc3c2=O)c1O[C@H](C)C(=O)O. The smallest absolute Gasteiger partial charge is 0.344 e. The summed E-state index contributed by atoms with van der Waals surface area (Å²) in [5, 5.41) is 14.3. The number of hydrogen-bond acceptors (Lipinski definition) is 6. The molecule has 1 aromatic heterocycles. The average Bonchev–Trinajstić information content (AvgIpc) is 2.84. The molecule has 0 radical (unpaired) electrons. The molecule has 0 aliphatic heterocycles. The Morgan fingerprint density at radius 2 is 1.94 bits per heavy atom. The molecule has 3 aromatic rings. The zero-order chi connectivity index (χ0) is 23.4. The monoisotopic (exact) mass is 449 g/mol. The first-order valence-electron chi connectivity index (χ1n) is 11.1. The van der Waals surface area contributed by atoms with Gasteiger partial charge in [-0.1, -0.05) is 37.5 Å². The molecule has 8 heteroatoms. The van der Waals surface area contributed by atoms with Gasteiger partial charge in [0.2, 0.25) is 0 Å². The van der Waals surface area contributed by atoms with Crippen LogP contribution in [0.15, 0.2) is 52.4 Å².